The van der Waals surface area contributed by atoms with E-state index in [2.05, 4.69) is 10.6 Å². The highest BCUT2D eigenvalue weighted by atomic mass is 32.2. The van der Waals surface area contributed by atoms with Gasteiger partial charge in [-0.05, 0) is 31.5 Å². The first kappa shape index (κ1) is 20.4. The number of anilines is 2. The maximum atomic E-state index is 12.7. The van der Waals surface area contributed by atoms with Crippen LogP contribution < -0.4 is 10.6 Å². The van der Waals surface area contributed by atoms with Crippen molar-refractivity contribution < 1.29 is 13.2 Å². The van der Waals surface area contributed by atoms with Crippen molar-refractivity contribution in [3.63, 3.8) is 0 Å². The van der Waals surface area contributed by atoms with Gasteiger partial charge in [0.1, 0.15) is 0 Å². The number of nitrogens with one attached hydrogen (secondary N) is 2. The molecule has 2 N–H and O–H groups in total. The maximum Gasteiger partial charge on any atom is 0.243 e. The Morgan fingerprint density at radius 3 is 2.25 bits per heavy atom. The molecule has 6 nitrogen and oxygen atoms in total. The summed E-state index contributed by atoms with van der Waals surface area (Å²) in [5.41, 5.74) is 1.21. The molecule has 0 aromatic heterocycles. The molecule has 0 heterocycles. The van der Waals surface area contributed by atoms with E-state index in [1.165, 1.54) is 10.4 Å². The standard InChI is InChI=1S/C17H29N3O3S/c1-6-13(5)17(21)19-16-12-14(10-11-15(16)18-7-2)24(22,23)20(8-3)9-4/h10-13,18H,6-9H2,1-5H3,(H,19,21). The molecular formula is C17H29N3O3S. The molecule has 1 rings (SSSR count). The summed E-state index contributed by atoms with van der Waals surface area (Å²) in [6.07, 6.45) is 0.722. The molecule has 1 atom stereocenters. The lowest BCUT2D eigenvalue weighted by Gasteiger charge is -2.20. The third-order valence-electron chi connectivity index (χ3n) is 4.02. The second-order valence-electron chi connectivity index (χ2n) is 5.63. The average Bonchev–Trinajstić information content (AvgIpc) is 2.56. The van der Waals surface area contributed by atoms with Gasteiger partial charge in [-0.3, -0.25) is 4.79 Å². The molecule has 24 heavy (non-hydrogen) atoms. The molecule has 136 valence electrons. The van der Waals surface area contributed by atoms with E-state index >= 15 is 0 Å². The summed E-state index contributed by atoms with van der Waals surface area (Å²) in [5.74, 6) is -0.253. The molecule has 0 radical (unpaired) electrons. The number of hydrogen-bond acceptors (Lipinski definition) is 4. The zero-order chi connectivity index (χ0) is 18.3. The largest absolute Gasteiger partial charge is 0.384 e. The number of nitrogens with zero attached hydrogens (tertiary/aromatic N) is 1. The molecule has 0 aliphatic carbocycles. The Hall–Kier alpha value is -1.60. The van der Waals surface area contributed by atoms with Gasteiger partial charge in [-0.25, -0.2) is 8.42 Å². The van der Waals surface area contributed by atoms with Gasteiger partial charge in [-0.15, -0.1) is 0 Å². The monoisotopic (exact) mass is 355 g/mol. The zero-order valence-electron chi connectivity index (χ0n) is 15.2. The molecule has 1 aromatic rings. The van der Waals surface area contributed by atoms with E-state index in [0.29, 0.717) is 31.0 Å². The van der Waals surface area contributed by atoms with E-state index in [1.807, 2.05) is 20.8 Å². The van der Waals surface area contributed by atoms with Crippen molar-refractivity contribution in [2.45, 2.75) is 45.9 Å². The fraction of sp³-hybridized carbons (Fsp3) is 0.588. The van der Waals surface area contributed by atoms with Crippen molar-refractivity contribution in [2.75, 3.05) is 30.3 Å². The minimum atomic E-state index is -3.56. The van der Waals surface area contributed by atoms with Crippen LogP contribution in [-0.2, 0) is 14.8 Å². The van der Waals surface area contributed by atoms with Crippen molar-refractivity contribution in [1.29, 1.82) is 0 Å². The van der Waals surface area contributed by atoms with E-state index in [-0.39, 0.29) is 16.7 Å². The molecule has 1 amide bonds. The summed E-state index contributed by atoms with van der Waals surface area (Å²) in [5, 5.41) is 6.00. The van der Waals surface area contributed by atoms with Crippen molar-refractivity contribution in [3.05, 3.63) is 18.2 Å². The highest BCUT2D eigenvalue weighted by Gasteiger charge is 2.23. The predicted molar refractivity (Wildman–Crippen MR) is 98.8 cm³/mol. The normalized spacial score (nSPS) is 12.9. The van der Waals surface area contributed by atoms with Crippen LogP contribution in [0.1, 0.15) is 41.0 Å². The van der Waals surface area contributed by atoms with Crippen LogP contribution in [0.3, 0.4) is 0 Å². The number of hydrogen-bond donors (Lipinski definition) is 2. The third-order valence-corrected chi connectivity index (χ3v) is 6.07. The van der Waals surface area contributed by atoms with E-state index in [4.69, 9.17) is 0 Å². The van der Waals surface area contributed by atoms with E-state index in [9.17, 15) is 13.2 Å². The Morgan fingerprint density at radius 2 is 1.75 bits per heavy atom. The van der Waals surface area contributed by atoms with Gasteiger partial charge in [0.05, 0.1) is 16.3 Å². The van der Waals surface area contributed by atoms with E-state index < -0.39 is 10.0 Å². The number of amides is 1. The Bertz CT molecular complexity index is 655. The van der Waals surface area contributed by atoms with Gasteiger partial charge in [0.25, 0.3) is 0 Å². The SMILES string of the molecule is CCNc1ccc(S(=O)(=O)N(CC)CC)cc1NC(=O)C(C)CC. The van der Waals surface area contributed by atoms with Crippen LogP contribution in [0.15, 0.2) is 23.1 Å². The first-order valence-corrected chi connectivity index (χ1v) is 9.94. The second-order valence-corrected chi connectivity index (χ2v) is 7.56. The lowest BCUT2D eigenvalue weighted by molar-refractivity contribution is -0.119. The first-order chi connectivity index (χ1) is 11.3. The fourth-order valence-electron chi connectivity index (χ4n) is 2.29. The second kappa shape index (κ2) is 9.03. The van der Waals surface area contributed by atoms with Crippen LogP contribution in [0.5, 0.6) is 0 Å². The molecule has 0 spiro atoms. The van der Waals surface area contributed by atoms with Crippen molar-refractivity contribution >= 4 is 27.3 Å². The summed E-state index contributed by atoms with van der Waals surface area (Å²) in [6, 6.07) is 4.81. The first-order valence-electron chi connectivity index (χ1n) is 8.50. The van der Waals surface area contributed by atoms with Crippen LogP contribution in [-0.4, -0.2) is 38.3 Å². The topological polar surface area (TPSA) is 78.5 Å². The molecule has 0 fully saturated rings. The Labute approximate surface area is 145 Å². The van der Waals surface area contributed by atoms with Gasteiger partial charge in [0.15, 0.2) is 0 Å². The molecule has 0 saturated carbocycles. The number of rotatable bonds is 9. The minimum Gasteiger partial charge on any atom is -0.384 e. The van der Waals surface area contributed by atoms with Crippen molar-refractivity contribution in [1.82, 2.24) is 4.31 Å². The minimum absolute atomic E-state index is 0.117. The van der Waals surface area contributed by atoms with Crippen LogP contribution >= 0.6 is 0 Å². The molecule has 0 saturated heterocycles. The van der Waals surface area contributed by atoms with Gasteiger partial charge >= 0.3 is 0 Å². The van der Waals surface area contributed by atoms with Crippen molar-refractivity contribution in [3.8, 4) is 0 Å². The number of benzene rings is 1. The lowest BCUT2D eigenvalue weighted by Crippen LogP contribution is -2.30. The molecule has 7 heteroatoms. The van der Waals surface area contributed by atoms with Gasteiger partial charge in [0, 0.05) is 25.6 Å². The number of sulfonamides is 1. The van der Waals surface area contributed by atoms with E-state index in [0.717, 1.165) is 6.42 Å². The third kappa shape index (κ3) is 4.70. The van der Waals surface area contributed by atoms with Crippen molar-refractivity contribution in [2.24, 2.45) is 5.92 Å². The number of carbonyl (C=O) groups is 1. The molecule has 0 aliphatic rings. The Morgan fingerprint density at radius 1 is 1.12 bits per heavy atom. The van der Waals surface area contributed by atoms with Crippen LogP contribution in [0.4, 0.5) is 11.4 Å². The summed E-state index contributed by atoms with van der Waals surface area (Å²) in [4.78, 5) is 12.4. The van der Waals surface area contributed by atoms with Crippen LogP contribution in [0.25, 0.3) is 0 Å². The van der Waals surface area contributed by atoms with E-state index in [1.54, 1.807) is 26.0 Å². The summed E-state index contributed by atoms with van der Waals surface area (Å²) in [6.45, 7) is 10.8. The fourth-order valence-corrected chi connectivity index (χ4v) is 3.77. The quantitative estimate of drug-likeness (QED) is 0.713. The summed E-state index contributed by atoms with van der Waals surface area (Å²) in [7, 11) is -3.56. The predicted octanol–water partition coefficient (Wildman–Crippen LogP) is 3.13. The highest BCUT2D eigenvalue weighted by Crippen LogP contribution is 2.28. The summed E-state index contributed by atoms with van der Waals surface area (Å²) < 4.78 is 26.8. The Balaban J connectivity index is 3.28. The van der Waals surface area contributed by atoms with Crippen LogP contribution in [0, 0.1) is 5.92 Å². The molecular weight excluding hydrogens is 326 g/mol. The zero-order valence-corrected chi connectivity index (χ0v) is 16.0. The van der Waals surface area contributed by atoms with Gasteiger partial charge in [-0.2, -0.15) is 4.31 Å². The molecule has 1 unspecified atom stereocenters. The lowest BCUT2D eigenvalue weighted by atomic mass is 10.1. The van der Waals surface area contributed by atoms with Gasteiger partial charge in [-0.1, -0.05) is 27.7 Å². The Kier molecular flexibility index (Phi) is 7.69. The summed E-state index contributed by atoms with van der Waals surface area (Å²) >= 11 is 0. The maximum absolute atomic E-state index is 12.7. The molecule has 0 bridgehead atoms. The highest BCUT2D eigenvalue weighted by molar-refractivity contribution is 7.89. The molecule has 0 aliphatic heterocycles. The van der Waals surface area contributed by atoms with Crippen LogP contribution in [0.2, 0.25) is 0 Å². The average molecular weight is 356 g/mol. The van der Waals surface area contributed by atoms with Gasteiger partial charge < -0.3 is 10.6 Å². The smallest absolute Gasteiger partial charge is 0.243 e. The molecule has 1 aromatic carbocycles. The van der Waals surface area contributed by atoms with Gasteiger partial charge in [0.2, 0.25) is 15.9 Å². The number of carbonyl (C=O) groups excluding carboxylic acids is 1.